The first-order valence-corrected chi connectivity index (χ1v) is 7.12. The van der Waals surface area contributed by atoms with Crippen LogP contribution in [0.1, 0.15) is 21.5 Å². The van der Waals surface area contributed by atoms with Gasteiger partial charge >= 0.3 is 0 Å². The number of hydrogen-bond acceptors (Lipinski definition) is 2. The van der Waals surface area contributed by atoms with Gasteiger partial charge in [-0.1, -0.05) is 33.6 Å². The Morgan fingerprint density at radius 2 is 1.90 bits per heavy atom. The fraction of sp³-hybridized carbons (Fsp3) is 0.133. The van der Waals surface area contributed by atoms with Crippen LogP contribution < -0.4 is 5.32 Å². The molecule has 2 aromatic carbocycles. The minimum atomic E-state index is -0.383. The number of carbonyl (C=O) groups excluding carboxylic acids is 1. The molecule has 0 aliphatic carbocycles. The maximum Gasteiger partial charge on any atom is 0.259 e. The van der Waals surface area contributed by atoms with E-state index in [1.807, 2.05) is 13.0 Å². The summed E-state index contributed by atoms with van der Waals surface area (Å²) in [6, 6.07) is 8.59. The molecule has 0 aliphatic heterocycles. The minimum absolute atomic E-state index is 0.0242. The lowest BCUT2D eigenvalue weighted by Gasteiger charge is -2.10. The van der Waals surface area contributed by atoms with Crippen molar-refractivity contribution in [3.8, 4) is 5.75 Å². The molecule has 0 saturated heterocycles. The first-order valence-electron chi connectivity index (χ1n) is 5.95. The highest BCUT2D eigenvalue weighted by Crippen LogP contribution is 2.28. The topological polar surface area (TPSA) is 49.3 Å². The Kier molecular flexibility index (Phi) is 4.35. The van der Waals surface area contributed by atoms with Gasteiger partial charge in [-0.15, -0.1) is 0 Å². The number of benzene rings is 2. The van der Waals surface area contributed by atoms with E-state index in [0.717, 1.165) is 10.0 Å². The molecule has 2 rings (SSSR count). The van der Waals surface area contributed by atoms with Gasteiger partial charge in [0.25, 0.3) is 5.91 Å². The maximum absolute atomic E-state index is 12.2. The molecule has 3 nitrogen and oxygen atoms in total. The van der Waals surface area contributed by atoms with Crippen LogP contribution >= 0.6 is 27.5 Å². The van der Waals surface area contributed by atoms with Gasteiger partial charge in [0.1, 0.15) is 5.75 Å². The van der Waals surface area contributed by atoms with E-state index >= 15 is 0 Å². The number of halogens is 2. The normalized spacial score (nSPS) is 10.4. The Morgan fingerprint density at radius 1 is 1.20 bits per heavy atom. The number of phenols is 1. The van der Waals surface area contributed by atoms with Crippen LogP contribution in [0, 0.1) is 13.8 Å². The Balaban J connectivity index is 2.30. The van der Waals surface area contributed by atoms with E-state index in [0.29, 0.717) is 16.3 Å². The van der Waals surface area contributed by atoms with Crippen molar-refractivity contribution in [2.24, 2.45) is 0 Å². The molecular formula is C15H13BrClNO2. The SMILES string of the molecule is Cc1ccc(NC(=O)c2cc(Br)cc(C)c2O)cc1Cl. The summed E-state index contributed by atoms with van der Waals surface area (Å²) in [6.07, 6.45) is 0. The third kappa shape index (κ3) is 3.14. The maximum atomic E-state index is 12.2. The zero-order valence-corrected chi connectivity index (χ0v) is 13.3. The summed E-state index contributed by atoms with van der Waals surface area (Å²) in [4.78, 5) is 12.2. The van der Waals surface area contributed by atoms with Gasteiger partial charge in [-0.05, 0) is 49.2 Å². The molecule has 0 aromatic heterocycles. The van der Waals surface area contributed by atoms with Gasteiger partial charge in [-0.2, -0.15) is 0 Å². The second-order valence-electron chi connectivity index (χ2n) is 4.54. The molecule has 0 heterocycles. The summed E-state index contributed by atoms with van der Waals surface area (Å²) in [7, 11) is 0. The van der Waals surface area contributed by atoms with Crippen LogP contribution in [-0.4, -0.2) is 11.0 Å². The average Bonchev–Trinajstić information content (AvgIpc) is 2.38. The zero-order valence-electron chi connectivity index (χ0n) is 11.0. The molecule has 0 bridgehead atoms. The van der Waals surface area contributed by atoms with Crippen LogP contribution in [0.25, 0.3) is 0 Å². The van der Waals surface area contributed by atoms with Gasteiger partial charge in [0.15, 0.2) is 0 Å². The van der Waals surface area contributed by atoms with E-state index in [1.165, 1.54) is 0 Å². The second-order valence-corrected chi connectivity index (χ2v) is 5.86. The molecule has 104 valence electrons. The monoisotopic (exact) mass is 353 g/mol. The highest BCUT2D eigenvalue weighted by molar-refractivity contribution is 9.10. The fourth-order valence-corrected chi connectivity index (χ4v) is 2.53. The number of amides is 1. The van der Waals surface area contributed by atoms with Crippen molar-refractivity contribution in [1.29, 1.82) is 0 Å². The number of phenolic OH excluding ortho intramolecular Hbond substituents is 1. The average molecular weight is 355 g/mol. The van der Waals surface area contributed by atoms with Crippen molar-refractivity contribution < 1.29 is 9.90 Å². The van der Waals surface area contributed by atoms with Crippen molar-refractivity contribution >= 4 is 39.1 Å². The first-order chi connectivity index (χ1) is 9.38. The van der Waals surface area contributed by atoms with Crippen molar-refractivity contribution in [3.63, 3.8) is 0 Å². The molecule has 0 unspecified atom stereocenters. The molecule has 2 aromatic rings. The lowest BCUT2D eigenvalue weighted by molar-refractivity contribution is 0.102. The summed E-state index contributed by atoms with van der Waals surface area (Å²) in [5.74, 6) is -0.407. The number of rotatable bonds is 2. The van der Waals surface area contributed by atoms with Crippen LogP contribution in [0.5, 0.6) is 5.75 Å². The molecule has 1 amide bonds. The van der Waals surface area contributed by atoms with E-state index in [1.54, 1.807) is 31.2 Å². The highest BCUT2D eigenvalue weighted by Gasteiger charge is 2.14. The van der Waals surface area contributed by atoms with Crippen LogP contribution in [0.3, 0.4) is 0 Å². The van der Waals surface area contributed by atoms with E-state index < -0.39 is 0 Å². The van der Waals surface area contributed by atoms with Gasteiger partial charge in [-0.25, -0.2) is 0 Å². The molecule has 2 N–H and O–H groups in total. The quantitative estimate of drug-likeness (QED) is 0.823. The standard InChI is InChI=1S/C15H13BrClNO2/c1-8-3-4-11(7-13(8)17)18-15(20)12-6-10(16)5-9(2)14(12)19/h3-7,19H,1-2H3,(H,18,20). The predicted molar refractivity (Wildman–Crippen MR) is 84.7 cm³/mol. The number of aromatic hydroxyl groups is 1. The number of nitrogens with one attached hydrogen (secondary N) is 1. The molecule has 0 atom stereocenters. The van der Waals surface area contributed by atoms with Gasteiger partial charge in [0.2, 0.25) is 0 Å². The van der Waals surface area contributed by atoms with Crippen molar-refractivity contribution in [1.82, 2.24) is 0 Å². The van der Waals surface area contributed by atoms with Gasteiger partial charge in [-0.3, -0.25) is 4.79 Å². The second kappa shape index (κ2) is 5.85. The van der Waals surface area contributed by atoms with Crippen LogP contribution in [0.2, 0.25) is 5.02 Å². The number of aryl methyl sites for hydroxylation is 2. The number of carbonyl (C=O) groups is 1. The molecule has 0 fully saturated rings. The summed E-state index contributed by atoms with van der Waals surface area (Å²) < 4.78 is 0.736. The van der Waals surface area contributed by atoms with Crippen molar-refractivity contribution in [3.05, 3.63) is 56.5 Å². The van der Waals surface area contributed by atoms with Crippen LogP contribution in [0.4, 0.5) is 5.69 Å². The number of hydrogen-bond donors (Lipinski definition) is 2. The Morgan fingerprint density at radius 3 is 2.55 bits per heavy atom. The van der Waals surface area contributed by atoms with Gasteiger partial charge < -0.3 is 10.4 Å². The van der Waals surface area contributed by atoms with E-state index in [4.69, 9.17) is 11.6 Å². The van der Waals surface area contributed by atoms with Crippen LogP contribution in [0.15, 0.2) is 34.8 Å². The van der Waals surface area contributed by atoms with E-state index in [2.05, 4.69) is 21.2 Å². The molecule has 5 heteroatoms. The highest BCUT2D eigenvalue weighted by atomic mass is 79.9. The van der Waals surface area contributed by atoms with Gasteiger partial charge in [0, 0.05) is 15.2 Å². The smallest absolute Gasteiger partial charge is 0.259 e. The largest absolute Gasteiger partial charge is 0.507 e. The molecular weight excluding hydrogens is 342 g/mol. The van der Waals surface area contributed by atoms with E-state index in [-0.39, 0.29) is 17.2 Å². The predicted octanol–water partition coefficient (Wildman–Crippen LogP) is 4.68. The Labute approximate surface area is 130 Å². The summed E-state index contributed by atoms with van der Waals surface area (Å²) >= 11 is 9.33. The fourth-order valence-electron chi connectivity index (χ4n) is 1.78. The van der Waals surface area contributed by atoms with Crippen molar-refractivity contribution in [2.45, 2.75) is 13.8 Å². The molecule has 0 saturated carbocycles. The molecule has 0 aliphatic rings. The lowest BCUT2D eigenvalue weighted by atomic mass is 10.1. The minimum Gasteiger partial charge on any atom is -0.507 e. The zero-order chi connectivity index (χ0) is 14.9. The van der Waals surface area contributed by atoms with E-state index in [9.17, 15) is 9.90 Å². The first kappa shape index (κ1) is 14.9. The summed E-state index contributed by atoms with van der Waals surface area (Å²) in [5, 5.41) is 13.3. The molecule has 0 radical (unpaired) electrons. The van der Waals surface area contributed by atoms with Gasteiger partial charge in [0.05, 0.1) is 5.56 Å². The van der Waals surface area contributed by atoms with Crippen molar-refractivity contribution in [2.75, 3.05) is 5.32 Å². The third-order valence-corrected chi connectivity index (χ3v) is 3.80. The third-order valence-electron chi connectivity index (χ3n) is 2.94. The Bertz CT molecular complexity index is 686. The molecule has 0 spiro atoms. The lowest BCUT2D eigenvalue weighted by Crippen LogP contribution is -2.12. The summed E-state index contributed by atoms with van der Waals surface area (Å²) in [5.41, 5.74) is 2.37. The summed E-state index contributed by atoms with van der Waals surface area (Å²) in [6.45, 7) is 3.62. The van der Waals surface area contributed by atoms with Crippen LogP contribution in [-0.2, 0) is 0 Å². The molecule has 20 heavy (non-hydrogen) atoms. The number of anilines is 1. The Hall–Kier alpha value is -1.52.